The topological polar surface area (TPSA) is 82.6 Å². The minimum atomic E-state index is -0.202. The number of nitrogens with zero attached hydrogens (tertiary/aromatic N) is 4. The zero-order valence-electron chi connectivity index (χ0n) is 19.8. The Morgan fingerprint density at radius 2 is 1.91 bits per heavy atom. The summed E-state index contributed by atoms with van der Waals surface area (Å²) >= 11 is 1.36. The third-order valence-electron chi connectivity index (χ3n) is 6.38. The lowest BCUT2D eigenvalue weighted by Gasteiger charge is -2.35. The van der Waals surface area contributed by atoms with Gasteiger partial charge in [0.2, 0.25) is 0 Å². The third kappa shape index (κ3) is 5.77. The molecule has 8 nitrogen and oxygen atoms in total. The Morgan fingerprint density at radius 1 is 1.18 bits per heavy atom. The number of carbonyl (C=O) groups is 1. The fourth-order valence-corrected chi connectivity index (χ4v) is 5.24. The maximum Gasteiger partial charge on any atom is 0.319 e. The van der Waals surface area contributed by atoms with Gasteiger partial charge in [-0.3, -0.25) is 0 Å². The van der Waals surface area contributed by atoms with Crippen molar-refractivity contribution < 1.29 is 9.53 Å². The summed E-state index contributed by atoms with van der Waals surface area (Å²) in [7, 11) is 3.96. The highest BCUT2D eigenvalue weighted by Crippen LogP contribution is 2.45. The summed E-state index contributed by atoms with van der Waals surface area (Å²) in [6, 6.07) is 9.76. The molecular weight excluding hydrogens is 436 g/mol. The second kappa shape index (κ2) is 10.7. The zero-order chi connectivity index (χ0) is 23.3. The van der Waals surface area contributed by atoms with E-state index in [1.165, 1.54) is 31.0 Å². The van der Waals surface area contributed by atoms with Gasteiger partial charge < -0.3 is 25.2 Å². The molecule has 1 aliphatic carbocycles. The van der Waals surface area contributed by atoms with E-state index < -0.39 is 0 Å². The molecule has 4 rings (SSSR count). The molecule has 178 valence electrons. The van der Waals surface area contributed by atoms with Gasteiger partial charge in [0.25, 0.3) is 0 Å². The molecule has 0 unspecified atom stereocenters. The Balaban J connectivity index is 1.54. The van der Waals surface area contributed by atoms with Crippen molar-refractivity contribution in [3.05, 3.63) is 36.0 Å². The van der Waals surface area contributed by atoms with E-state index in [4.69, 9.17) is 14.7 Å². The predicted octanol–water partition coefficient (Wildman–Crippen LogP) is 2.49. The monoisotopic (exact) mass is 471 g/mol. The van der Waals surface area contributed by atoms with E-state index >= 15 is 0 Å². The molecule has 1 saturated carbocycles. The minimum Gasteiger partial charge on any atom is -0.378 e. The first-order valence-electron chi connectivity index (χ1n) is 11.6. The number of benzene rings is 1. The smallest absolute Gasteiger partial charge is 0.319 e. The lowest BCUT2D eigenvalue weighted by molar-refractivity contribution is 0.122. The fourth-order valence-electron chi connectivity index (χ4n) is 4.13. The van der Waals surface area contributed by atoms with E-state index in [0.29, 0.717) is 6.54 Å². The molecule has 1 aliphatic heterocycles. The van der Waals surface area contributed by atoms with E-state index in [-0.39, 0.29) is 10.8 Å². The van der Waals surface area contributed by atoms with Crippen LogP contribution in [0.5, 0.6) is 0 Å². The summed E-state index contributed by atoms with van der Waals surface area (Å²) in [6.07, 6.45) is 5.84. The molecular formula is C24H35N6O2S+. The summed E-state index contributed by atoms with van der Waals surface area (Å²) in [5.41, 5.74) is 2.84. The Hall–Kier alpha value is -2.36. The van der Waals surface area contributed by atoms with E-state index in [2.05, 4.69) is 27.9 Å². The maximum atomic E-state index is 12.1. The van der Waals surface area contributed by atoms with Gasteiger partial charge in [-0.25, -0.2) is 14.8 Å². The zero-order valence-corrected chi connectivity index (χ0v) is 20.7. The van der Waals surface area contributed by atoms with Gasteiger partial charge in [-0.2, -0.15) is 0 Å². The Bertz CT molecular complexity index is 937. The Morgan fingerprint density at radius 3 is 2.52 bits per heavy atom. The molecule has 2 N–H and O–H groups in total. The molecule has 0 radical (unpaired) electrons. The van der Waals surface area contributed by atoms with Gasteiger partial charge >= 0.3 is 6.03 Å². The number of nitrogens with one attached hydrogen (secondary N) is 2. The number of anilines is 2. The first kappa shape index (κ1) is 23.8. The van der Waals surface area contributed by atoms with Crippen LogP contribution in [0.15, 0.2) is 30.3 Å². The second-order valence-electron chi connectivity index (χ2n) is 8.90. The normalized spacial score (nSPS) is 17.5. The number of ether oxygens (including phenoxy) is 1. The van der Waals surface area contributed by atoms with Crippen molar-refractivity contribution in [2.45, 2.75) is 24.0 Å². The van der Waals surface area contributed by atoms with Crippen LogP contribution < -0.4 is 15.5 Å². The van der Waals surface area contributed by atoms with Crippen molar-refractivity contribution in [3.8, 4) is 11.4 Å². The number of hydrogen-bond donors (Lipinski definition) is 2. The van der Waals surface area contributed by atoms with Crippen LogP contribution in [0.1, 0.15) is 25.0 Å². The van der Waals surface area contributed by atoms with Crippen LogP contribution in [0.3, 0.4) is 0 Å². The summed E-state index contributed by atoms with van der Waals surface area (Å²) in [6.45, 7) is 4.53. The lowest BCUT2D eigenvalue weighted by atomic mass is 9.81. The lowest BCUT2D eigenvalue weighted by Crippen LogP contribution is -2.39. The second-order valence-corrected chi connectivity index (χ2v) is 10.2. The highest BCUT2D eigenvalue weighted by molar-refractivity contribution is 7.78. The first-order chi connectivity index (χ1) is 16.0. The number of amides is 2. The molecule has 1 saturated heterocycles. The van der Waals surface area contributed by atoms with Crippen LogP contribution in [0, 0.1) is 0 Å². The van der Waals surface area contributed by atoms with Gasteiger partial charge in [-0.05, 0) is 56.5 Å². The number of hydrogen-bond acceptors (Lipinski definition) is 6. The van der Waals surface area contributed by atoms with Crippen LogP contribution in [0.4, 0.5) is 16.3 Å². The fraction of sp³-hybridized carbons (Fsp3) is 0.542. The molecule has 0 spiro atoms. The van der Waals surface area contributed by atoms with E-state index in [9.17, 15) is 4.79 Å². The predicted molar refractivity (Wildman–Crippen MR) is 136 cm³/mol. The number of morpholine rings is 1. The molecule has 2 aliphatic rings. The van der Waals surface area contributed by atoms with E-state index in [1.807, 2.05) is 43.3 Å². The van der Waals surface area contributed by atoms with Crippen molar-refractivity contribution in [3.63, 3.8) is 0 Å². The van der Waals surface area contributed by atoms with Gasteiger partial charge in [0.15, 0.2) is 10.6 Å². The number of thiol groups is 1. The molecule has 33 heavy (non-hydrogen) atoms. The van der Waals surface area contributed by atoms with Crippen molar-refractivity contribution in [1.82, 2.24) is 20.2 Å². The summed E-state index contributed by atoms with van der Waals surface area (Å²) in [5.74, 6) is 1.72. The molecule has 9 heteroatoms. The molecule has 1 aromatic carbocycles. The quantitative estimate of drug-likeness (QED) is 0.455. The Labute approximate surface area is 200 Å². The van der Waals surface area contributed by atoms with Crippen LogP contribution >= 0.6 is 0 Å². The van der Waals surface area contributed by atoms with E-state index in [0.717, 1.165) is 61.4 Å². The number of rotatable bonds is 8. The van der Waals surface area contributed by atoms with Gasteiger partial charge in [0.05, 0.1) is 19.5 Å². The maximum absolute atomic E-state index is 12.1. The van der Waals surface area contributed by atoms with Crippen LogP contribution in [-0.4, -0.2) is 80.6 Å². The molecule has 0 bridgehead atoms. The summed E-state index contributed by atoms with van der Waals surface area (Å²) in [5, 5.41) is 5.75. The van der Waals surface area contributed by atoms with E-state index in [1.54, 1.807) is 0 Å². The van der Waals surface area contributed by atoms with Crippen molar-refractivity contribution in [2.75, 3.05) is 70.0 Å². The van der Waals surface area contributed by atoms with Crippen molar-refractivity contribution >= 4 is 29.3 Å². The molecule has 2 aromatic rings. The average molecular weight is 472 g/mol. The molecule has 2 fully saturated rings. The van der Waals surface area contributed by atoms with Gasteiger partial charge in [0, 0.05) is 56.3 Å². The highest BCUT2D eigenvalue weighted by Gasteiger charge is 2.46. The number of carbonyl (C=O) groups excluding carboxylic acids is 1. The molecule has 0 atom stereocenters. The third-order valence-corrected chi connectivity index (χ3v) is 7.91. The number of urea groups is 1. The highest BCUT2D eigenvalue weighted by atomic mass is 32.2. The molecule has 2 amide bonds. The Kier molecular flexibility index (Phi) is 7.72. The number of likely N-dealkylation sites (N-methyl/N-ethyl adjacent to an activating group) is 1. The average Bonchev–Trinajstić information content (AvgIpc) is 2.79. The van der Waals surface area contributed by atoms with Gasteiger partial charge in [-0.15, -0.1) is 0 Å². The van der Waals surface area contributed by atoms with Crippen molar-refractivity contribution in [2.24, 2.45) is 0 Å². The summed E-state index contributed by atoms with van der Waals surface area (Å²) in [4.78, 5) is 26.4. The van der Waals surface area contributed by atoms with Crippen LogP contribution in [-0.2, 0) is 21.2 Å². The molecule has 2 heterocycles. The molecule has 1 aromatic heterocycles. The summed E-state index contributed by atoms with van der Waals surface area (Å²) < 4.78 is 5.68. The van der Waals surface area contributed by atoms with Gasteiger partial charge in [0.1, 0.15) is 11.5 Å². The largest absolute Gasteiger partial charge is 0.378 e. The van der Waals surface area contributed by atoms with Crippen LogP contribution in [0.2, 0.25) is 0 Å². The number of aromatic nitrogens is 2. The van der Waals surface area contributed by atoms with Crippen molar-refractivity contribution in [1.29, 1.82) is 0 Å². The van der Waals surface area contributed by atoms with Gasteiger partial charge in [-0.1, -0.05) is 0 Å². The minimum absolute atomic E-state index is 0.144. The standard InChI is InChI=1S/C24H34N6O2S/c1-29(2)12-11-25-23(31)26-19-7-5-18(6-8-19)22-27-20(24(33-3)9-4-10-24)17-21(28-22)30-13-15-32-16-14-30/h5-8,17H,4,9-16H2,1-3H3,(H2,25,26,31)/p+1. The first-order valence-corrected chi connectivity index (χ1v) is 13.0. The van der Waals surface area contributed by atoms with Crippen LogP contribution in [0.25, 0.3) is 11.4 Å². The SMILES string of the molecule is C[SH+]C1(c2cc(N3CCOCC3)nc(-c3ccc(NC(=O)NCCN(C)C)cc3)n2)CCC1.